The minimum absolute atomic E-state index is 0.0688. The highest BCUT2D eigenvalue weighted by Crippen LogP contribution is 2.23. The van der Waals surface area contributed by atoms with Gasteiger partial charge in [0.1, 0.15) is 0 Å². The Morgan fingerprint density at radius 1 is 0.963 bits per heavy atom. The van der Waals surface area contributed by atoms with Crippen LogP contribution in [0.5, 0.6) is 0 Å². The number of amides is 1. The van der Waals surface area contributed by atoms with E-state index in [9.17, 15) is 13.2 Å². The summed E-state index contributed by atoms with van der Waals surface area (Å²) in [4.78, 5) is 14.7. The average Bonchev–Trinajstić information content (AvgIpc) is 3.21. The van der Waals surface area contributed by atoms with E-state index in [0.717, 1.165) is 16.8 Å². The van der Waals surface area contributed by atoms with E-state index in [1.807, 2.05) is 53.4 Å². The highest BCUT2D eigenvalue weighted by Gasteiger charge is 2.23. The van der Waals surface area contributed by atoms with Crippen LogP contribution in [0.3, 0.4) is 0 Å². The highest BCUT2D eigenvalue weighted by molar-refractivity contribution is 7.89. The molecular weight excluding hydrogens is 362 g/mol. The molecule has 0 atom stereocenters. The molecule has 2 N–H and O–H groups in total. The Hall–Kier alpha value is -2.90. The molecule has 1 amide bonds. The molecule has 1 aliphatic rings. The molecule has 0 fully saturated rings. The standard InChI is InChI=1S/C20H19N3O3S/c21-27(25,26)19-8-5-15-9-12-23(14-17(15)13-19)20(24)16-3-6-18(7-4-16)22-10-1-2-11-22/h1-8,10-11,13H,9,12,14H2,(H2,21,25,26). The molecule has 2 heterocycles. The van der Waals surface area contributed by atoms with Gasteiger partial charge in [-0.25, -0.2) is 13.6 Å². The zero-order chi connectivity index (χ0) is 19.0. The van der Waals surface area contributed by atoms with Gasteiger partial charge >= 0.3 is 0 Å². The first-order chi connectivity index (χ1) is 12.9. The molecule has 1 aromatic heterocycles. The molecule has 1 aliphatic heterocycles. The Kier molecular flexibility index (Phi) is 4.33. The minimum Gasteiger partial charge on any atom is -0.334 e. The van der Waals surface area contributed by atoms with Gasteiger partial charge in [0.05, 0.1) is 4.90 Å². The van der Waals surface area contributed by atoms with Crippen molar-refractivity contribution in [1.82, 2.24) is 9.47 Å². The maximum atomic E-state index is 12.9. The normalized spacial score (nSPS) is 14.0. The number of hydrogen-bond donors (Lipinski definition) is 1. The predicted molar refractivity (Wildman–Crippen MR) is 102 cm³/mol. The van der Waals surface area contributed by atoms with Crippen LogP contribution in [0, 0.1) is 0 Å². The molecule has 27 heavy (non-hydrogen) atoms. The Morgan fingerprint density at radius 2 is 1.67 bits per heavy atom. The Labute approximate surface area is 157 Å². The van der Waals surface area contributed by atoms with Crippen molar-refractivity contribution in [3.8, 4) is 5.69 Å². The van der Waals surface area contributed by atoms with Gasteiger partial charge in [0.25, 0.3) is 5.91 Å². The van der Waals surface area contributed by atoms with Crippen LogP contribution in [-0.2, 0) is 23.0 Å². The number of hydrogen-bond acceptors (Lipinski definition) is 3. The van der Waals surface area contributed by atoms with Gasteiger partial charge in [-0.2, -0.15) is 0 Å². The lowest BCUT2D eigenvalue weighted by atomic mass is 9.99. The van der Waals surface area contributed by atoms with Gasteiger partial charge in [0, 0.05) is 36.7 Å². The quantitative estimate of drug-likeness (QED) is 0.755. The zero-order valence-electron chi connectivity index (χ0n) is 14.6. The van der Waals surface area contributed by atoms with E-state index in [1.54, 1.807) is 17.0 Å². The van der Waals surface area contributed by atoms with Crippen molar-refractivity contribution in [3.05, 3.63) is 83.7 Å². The van der Waals surface area contributed by atoms with Crippen LogP contribution < -0.4 is 5.14 Å². The molecule has 0 unspecified atom stereocenters. The SMILES string of the molecule is NS(=O)(=O)c1ccc2c(c1)CN(C(=O)c1ccc(-n3cccc3)cc1)CC2. The second kappa shape index (κ2) is 6.68. The second-order valence-corrected chi connectivity index (χ2v) is 8.15. The van der Waals surface area contributed by atoms with Crippen molar-refractivity contribution < 1.29 is 13.2 Å². The summed E-state index contributed by atoms with van der Waals surface area (Å²) in [7, 11) is -3.76. The topological polar surface area (TPSA) is 85.4 Å². The first-order valence-electron chi connectivity index (χ1n) is 8.59. The number of rotatable bonds is 3. The minimum atomic E-state index is -3.76. The molecule has 6 nitrogen and oxygen atoms in total. The maximum Gasteiger partial charge on any atom is 0.254 e. The summed E-state index contributed by atoms with van der Waals surface area (Å²) in [5.74, 6) is -0.0688. The van der Waals surface area contributed by atoms with Crippen LogP contribution in [0.4, 0.5) is 0 Å². The number of benzene rings is 2. The molecule has 4 rings (SSSR count). The van der Waals surface area contributed by atoms with Gasteiger partial charge in [-0.3, -0.25) is 4.79 Å². The maximum absolute atomic E-state index is 12.9. The van der Waals surface area contributed by atoms with Crippen molar-refractivity contribution in [2.45, 2.75) is 17.9 Å². The van der Waals surface area contributed by atoms with Gasteiger partial charge in [0.2, 0.25) is 10.0 Å². The van der Waals surface area contributed by atoms with Crippen molar-refractivity contribution in [1.29, 1.82) is 0 Å². The summed E-state index contributed by atoms with van der Waals surface area (Å²) in [6.07, 6.45) is 4.58. The number of sulfonamides is 1. The predicted octanol–water partition coefficient (Wildman–Crippen LogP) is 2.32. The number of carbonyl (C=O) groups excluding carboxylic acids is 1. The van der Waals surface area contributed by atoms with Gasteiger partial charge in [0.15, 0.2) is 0 Å². The lowest BCUT2D eigenvalue weighted by Crippen LogP contribution is -2.36. The molecule has 2 aromatic carbocycles. The van der Waals surface area contributed by atoms with E-state index >= 15 is 0 Å². The molecule has 0 spiro atoms. The molecule has 138 valence electrons. The first-order valence-corrected chi connectivity index (χ1v) is 10.1. The number of aromatic nitrogens is 1. The van der Waals surface area contributed by atoms with E-state index < -0.39 is 10.0 Å². The summed E-state index contributed by atoms with van der Waals surface area (Å²) in [5.41, 5.74) is 3.47. The number of nitrogens with zero attached hydrogens (tertiary/aromatic N) is 2. The van der Waals surface area contributed by atoms with Crippen molar-refractivity contribution in [3.63, 3.8) is 0 Å². The summed E-state index contributed by atoms with van der Waals surface area (Å²) < 4.78 is 25.1. The summed E-state index contributed by atoms with van der Waals surface area (Å²) in [5, 5.41) is 5.22. The van der Waals surface area contributed by atoms with Crippen LogP contribution in [0.1, 0.15) is 21.5 Å². The fourth-order valence-electron chi connectivity index (χ4n) is 3.35. The Balaban J connectivity index is 1.55. The lowest BCUT2D eigenvalue weighted by molar-refractivity contribution is 0.0734. The highest BCUT2D eigenvalue weighted by atomic mass is 32.2. The molecule has 3 aromatic rings. The summed E-state index contributed by atoms with van der Waals surface area (Å²) in [6, 6.07) is 16.2. The molecule has 0 aliphatic carbocycles. The average molecular weight is 381 g/mol. The third kappa shape index (κ3) is 3.51. The lowest BCUT2D eigenvalue weighted by Gasteiger charge is -2.29. The van der Waals surface area contributed by atoms with Crippen LogP contribution in [0.15, 0.2) is 71.9 Å². The monoisotopic (exact) mass is 381 g/mol. The fraction of sp³-hybridized carbons (Fsp3) is 0.150. The molecule has 0 saturated heterocycles. The van der Waals surface area contributed by atoms with Gasteiger partial charge in [-0.1, -0.05) is 6.07 Å². The van der Waals surface area contributed by atoms with Crippen molar-refractivity contribution in [2.24, 2.45) is 5.14 Å². The van der Waals surface area contributed by atoms with Crippen LogP contribution in [0.2, 0.25) is 0 Å². The molecule has 0 saturated carbocycles. The van der Waals surface area contributed by atoms with E-state index in [-0.39, 0.29) is 10.8 Å². The molecule has 7 heteroatoms. The van der Waals surface area contributed by atoms with Gasteiger partial charge in [-0.15, -0.1) is 0 Å². The van der Waals surface area contributed by atoms with Crippen molar-refractivity contribution >= 4 is 15.9 Å². The van der Waals surface area contributed by atoms with Gasteiger partial charge in [-0.05, 0) is 66.1 Å². The third-order valence-corrected chi connectivity index (χ3v) is 5.73. The fourth-order valence-corrected chi connectivity index (χ4v) is 3.91. The first kappa shape index (κ1) is 17.5. The van der Waals surface area contributed by atoms with E-state index in [0.29, 0.717) is 25.1 Å². The van der Waals surface area contributed by atoms with Crippen LogP contribution >= 0.6 is 0 Å². The van der Waals surface area contributed by atoms with Crippen LogP contribution in [0.25, 0.3) is 5.69 Å². The number of primary sulfonamides is 1. The van der Waals surface area contributed by atoms with E-state index in [2.05, 4.69) is 0 Å². The smallest absolute Gasteiger partial charge is 0.254 e. The number of carbonyl (C=O) groups is 1. The molecule has 0 bridgehead atoms. The van der Waals surface area contributed by atoms with Crippen molar-refractivity contribution in [2.75, 3.05) is 6.54 Å². The molecular formula is C20H19N3O3S. The molecule has 0 radical (unpaired) electrons. The number of fused-ring (bicyclic) bond motifs is 1. The Morgan fingerprint density at radius 3 is 2.33 bits per heavy atom. The zero-order valence-corrected chi connectivity index (χ0v) is 15.4. The second-order valence-electron chi connectivity index (χ2n) is 6.59. The van der Waals surface area contributed by atoms with Gasteiger partial charge < -0.3 is 9.47 Å². The largest absolute Gasteiger partial charge is 0.334 e. The van der Waals surface area contributed by atoms with Crippen LogP contribution in [-0.4, -0.2) is 30.3 Å². The van der Waals surface area contributed by atoms with E-state index in [4.69, 9.17) is 5.14 Å². The third-order valence-electron chi connectivity index (χ3n) is 4.82. The summed E-state index contributed by atoms with van der Waals surface area (Å²) in [6.45, 7) is 0.969. The number of nitrogens with two attached hydrogens (primary N) is 1. The summed E-state index contributed by atoms with van der Waals surface area (Å²) >= 11 is 0. The Bertz CT molecular complexity index is 1090. The van der Waals surface area contributed by atoms with E-state index in [1.165, 1.54) is 6.07 Å².